The quantitative estimate of drug-likeness (QED) is 0.146. The summed E-state index contributed by atoms with van der Waals surface area (Å²) in [5.41, 5.74) is 1.72. The molecular weight excluding hydrogens is 512 g/mol. The average Bonchev–Trinajstić information content (AvgIpc) is 3.29. The van der Waals surface area contributed by atoms with Crippen LogP contribution in [0.25, 0.3) is 0 Å². The number of aliphatic imine (C=N–C) groups is 2. The number of thiocarbonyl (C=S) groups is 1. The first kappa shape index (κ1) is 27.2. The number of rotatable bonds is 7. The molecule has 4 atom stereocenters. The van der Waals surface area contributed by atoms with Gasteiger partial charge in [0.25, 0.3) is 0 Å². The minimum Gasteiger partial charge on any atom is -0.480 e. The number of hydrogen-bond acceptors (Lipinski definition) is 10. The fraction of sp³-hybridized carbons (Fsp3) is 0.480. The number of aliphatic carboxylic acids is 3. The van der Waals surface area contributed by atoms with Crippen LogP contribution in [0.15, 0.2) is 45.7 Å². The zero-order chi connectivity index (χ0) is 27.2. The molecule has 0 radical (unpaired) electrons. The molecule has 38 heavy (non-hydrogen) atoms. The highest BCUT2D eigenvalue weighted by molar-refractivity contribution is 7.78. The van der Waals surface area contributed by atoms with Crippen molar-refractivity contribution in [3.63, 3.8) is 0 Å². The van der Waals surface area contributed by atoms with Crippen LogP contribution in [0.1, 0.15) is 6.42 Å². The third-order valence-corrected chi connectivity index (χ3v) is 6.72. The van der Waals surface area contributed by atoms with Crippen molar-refractivity contribution in [2.45, 2.75) is 24.5 Å². The van der Waals surface area contributed by atoms with Gasteiger partial charge in [-0.1, -0.05) is 18.2 Å². The van der Waals surface area contributed by atoms with Gasteiger partial charge in [0, 0.05) is 43.7 Å². The Balaban J connectivity index is 1.77. The lowest BCUT2D eigenvalue weighted by atomic mass is 9.88. The van der Waals surface area contributed by atoms with Crippen molar-refractivity contribution < 1.29 is 29.7 Å². The minimum absolute atomic E-state index is 0.145. The van der Waals surface area contributed by atoms with Gasteiger partial charge in [-0.3, -0.25) is 24.3 Å². The monoisotopic (exact) mass is 540 g/mol. The SMILES string of the molecule is O=C(O)CN1C#CC2=C3N=C(C=CC3CC(N=C=S)C3C=CC(CN(CC(=O)O)CC1)N3)CN2CC(=O)O. The highest BCUT2D eigenvalue weighted by Crippen LogP contribution is 2.33. The second-order valence-electron chi connectivity index (χ2n) is 9.44. The number of carboxylic acids is 3. The number of carboxylic acid groups (broad SMARTS) is 3. The van der Waals surface area contributed by atoms with E-state index in [1.807, 2.05) is 24.3 Å². The predicted molar refractivity (Wildman–Crippen MR) is 141 cm³/mol. The molecule has 0 fully saturated rings. The van der Waals surface area contributed by atoms with E-state index in [-0.39, 0.29) is 63.3 Å². The summed E-state index contributed by atoms with van der Waals surface area (Å²) in [6.45, 7) is 0.161. The summed E-state index contributed by atoms with van der Waals surface area (Å²) >= 11 is 4.92. The summed E-state index contributed by atoms with van der Waals surface area (Å²) in [6.07, 6.45) is 8.33. The first-order valence-electron chi connectivity index (χ1n) is 12.1. The third kappa shape index (κ3) is 6.93. The van der Waals surface area contributed by atoms with Crippen molar-refractivity contribution in [3.8, 4) is 12.0 Å². The van der Waals surface area contributed by atoms with Crippen molar-refractivity contribution in [2.75, 3.05) is 45.8 Å². The largest absolute Gasteiger partial charge is 0.480 e. The molecule has 4 heterocycles. The molecule has 0 aromatic carbocycles. The van der Waals surface area contributed by atoms with Gasteiger partial charge in [-0.25, -0.2) is 4.99 Å². The summed E-state index contributed by atoms with van der Waals surface area (Å²) in [5.74, 6) is -0.353. The molecule has 0 aromatic rings. The molecule has 13 heteroatoms. The lowest BCUT2D eigenvalue weighted by Gasteiger charge is -2.34. The number of dihydropyridines is 1. The van der Waals surface area contributed by atoms with Crippen LogP contribution in [-0.4, -0.2) is 123 Å². The second kappa shape index (κ2) is 12.1. The van der Waals surface area contributed by atoms with E-state index in [0.717, 1.165) is 0 Å². The number of allylic oxidation sites excluding steroid dienone is 2. The molecule has 0 aromatic heterocycles. The van der Waals surface area contributed by atoms with Gasteiger partial charge in [-0.15, -0.1) is 0 Å². The van der Waals surface area contributed by atoms with E-state index < -0.39 is 17.9 Å². The summed E-state index contributed by atoms with van der Waals surface area (Å²) in [6, 6.07) is 2.26. The normalized spacial score (nSPS) is 26.9. The van der Waals surface area contributed by atoms with Crippen LogP contribution in [-0.2, 0) is 14.4 Å². The van der Waals surface area contributed by atoms with Crippen molar-refractivity contribution in [1.29, 1.82) is 0 Å². The summed E-state index contributed by atoms with van der Waals surface area (Å²) < 4.78 is 0. The maximum Gasteiger partial charge on any atom is 0.323 e. The average molecular weight is 541 g/mol. The van der Waals surface area contributed by atoms with Gasteiger partial charge < -0.3 is 30.4 Å². The van der Waals surface area contributed by atoms with Crippen LogP contribution in [0, 0.1) is 17.9 Å². The highest BCUT2D eigenvalue weighted by Gasteiger charge is 2.34. The maximum atomic E-state index is 11.6. The molecule has 12 nitrogen and oxygen atoms in total. The number of isothiocyanates is 1. The molecule has 0 saturated heterocycles. The highest BCUT2D eigenvalue weighted by atomic mass is 32.1. The van der Waals surface area contributed by atoms with Gasteiger partial charge in [0.05, 0.1) is 35.7 Å². The van der Waals surface area contributed by atoms with E-state index >= 15 is 0 Å². The molecule has 0 aliphatic carbocycles. The Labute approximate surface area is 224 Å². The van der Waals surface area contributed by atoms with Crippen LogP contribution >= 0.6 is 12.2 Å². The van der Waals surface area contributed by atoms with E-state index in [1.54, 1.807) is 9.80 Å². The number of nitrogens with zero attached hydrogens (tertiary/aromatic N) is 5. The van der Waals surface area contributed by atoms with Crippen LogP contribution in [0.3, 0.4) is 0 Å². The van der Waals surface area contributed by atoms with Gasteiger partial charge in [0.15, 0.2) is 0 Å². The van der Waals surface area contributed by atoms with Crippen LogP contribution in [0.2, 0.25) is 0 Å². The number of fused-ring (bicyclic) bond motifs is 2. The minimum atomic E-state index is -1.09. The third-order valence-electron chi connectivity index (χ3n) is 6.62. The Kier molecular flexibility index (Phi) is 8.70. The lowest BCUT2D eigenvalue weighted by molar-refractivity contribution is -0.139. The van der Waals surface area contributed by atoms with E-state index in [4.69, 9.17) is 17.2 Å². The topological polar surface area (TPSA) is 158 Å². The predicted octanol–water partition coefficient (Wildman–Crippen LogP) is -0.269. The summed E-state index contributed by atoms with van der Waals surface area (Å²) in [4.78, 5) is 48.6. The zero-order valence-electron chi connectivity index (χ0n) is 20.5. The Bertz CT molecular complexity index is 1230. The smallest absolute Gasteiger partial charge is 0.323 e. The van der Waals surface area contributed by atoms with Crippen LogP contribution < -0.4 is 5.32 Å². The number of carbonyl (C=O) groups is 3. The van der Waals surface area contributed by atoms with E-state index in [1.165, 1.54) is 4.90 Å². The summed E-state index contributed by atoms with van der Waals surface area (Å²) in [5, 5.41) is 34.4. The fourth-order valence-corrected chi connectivity index (χ4v) is 5.12. The van der Waals surface area contributed by atoms with Crippen molar-refractivity contribution >= 4 is 41.0 Å². The van der Waals surface area contributed by atoms with Crippen molar-refractivity contribution in [1.82, 2.24) is 20.0 Å². The van der Waals surface area contributed by atoms with E-state index in [0.29, 0.717) is 30.1 Å². The van der Waals surface area contributed by atoms with Gasteiger partial charge in [0.1, 0.15) is 18.8 Å². The molecule has 0 amide bonds. The van der Waals surface area contributed by atoms with Crippen LogP contribution in [0.5, 0.6) is 0 Å². The molecule has 4 N–H and O–H groups in total. The molecule has 0 spiro atoms. The van der Waals surface area contributed by atoms with Gasteiger partial charge in [-0.2, -0.15) is 0 Å². The molecule has 0 saturated carbocycles. The Morgan fingerprint density at radius 2 is 1.87 bits per heavy atom. The van der Waals surface area contributed by atoms with Crippen molar-refractivity contribution in [2.24, 2.45) is 15.9 Å². The molecule has 4 rings (SSSR count). The number of hydrogen-bond donors (Lipinski definition) is 4. The van der Waals surface area contributed by atoms with Gasteiger partial charge >= 0.3 is 17.9 Å². The molecule has 4 bridgehead atoms. The summed E-state index contributed by atoms with van der Waals surface area (Å²) in [7, 11) is 0. The fourth-order valence-electron chi connectivity index (χ4n) is 4.99. The van der Waals surface area contributed by atoms with Gasteiger partial charge in [-0.05, 0) is 30.6 Å². The Morgan fingerprint density at radius 3 is 2.58 bits per heavy atom. The first-order chi connectivity index (χ1) is 18.2. The first-order valence-corrected chi connectivity index (χ1v) is 12.5. The second-order valence-corrected chi connectivity index (χ2v) is 9.62. The Hall–Kier alpha value is -3.82. The van der Waals surface area contributed by atoms with E-state index in [2.05, 4.69) is 27.4 Å². The molecular formula is C25H28N6O6S. The van der Waals surface area contributed by atoms with Crippen molar-refractivity contribution in [3.05, 3.63) is 35.7 Å². The maximum absolute atomic E-state index is 11.6. The standard InChI is InChI=1S/C25H28N6O6S/c32-22(33)12-29-6-5-21-25-16(1-2-18(28-25)11-31(21)14-24(36)37)9-20(26-15-38)19-4-3-17(27-19)10-30(8-7-29)13-23(34)35/h1-4,16-17,19-20,27H,7-14H2,(H,32,33)(H,34,35)(H,36,37). The molecule has 4 aliphatic rings. The Morgan fingerprint density at radius 1 is 1.11 bits per heavy atom. The van der Waals surface area contributed by atoms with E-state index in [9.17, 15) is 29.7 Å². The number of nitrogens with one attached hydrogen (secondary N) is 1. The van der Waals surface area contributed by atoms with Gasteiger partial charge in [0.2, 0.25) is 0 Å². The molecule has 200 valence electrons. The van der Waals surface area contributed by atoms with Crippen LogP contribution in [0.4, 0.5) is 0 Å². The molecule has 4 unspecified atom stereocenters. The lowest BCUT2D eigenvalue weighted by Crippen LogP contribution is -2.47. The molecule has 4 aliphatic heterocycles. The zero-order valence-corrected chi connectivity index (χ0v) is 21.3.